The average Bonchev–Trinajstić information content (AvgIpc) is 3.29. The van der Waals surface area contributed by atoms with Gasteiger partial charge in [-0.1, -0.05) is 0 Å². The SMILES string of the molecule is Cc1csc(C(=O)O)c1S(=O)(=O)NCC(C1CC1)C1CC1. The third kappa shape index (κ3) is 3.14. The summed E-state index contributed by atoms with van der Waals surface area (Å²) in [6.45, 7) is 2.07. The smallest absolute Gasteiger partial charge is 0.347 e. The van der Waals surface area contributed by atoms with Crippen LogP contribution in [0.3, 0.4) is 0 Å². The van der Waals surface area contributed by atoms with E-state index < -0.39 is 16.0 Å². The number of carboxylic acid groups (broad SMARTS) is 1. The molecular weight excluding hydrogens is 310 g/mol. The lowest BCUT2D eigenvalue weighted by atomic mass is 9.99. The predicted molar refractivity (Wildman–Crippen MR) is 80.1 cm³/mol. The summed E-state index contributed by atoms with van der Waals surface area (Å²) in [5.41, 5.74) is 0.499. The van der Waals surface area contributed by atoms with Gasteiger partial charge in [-0.15, -0.1) is 11.3 Å². The van der Waals surface area contributed by atoms with Crippen molar-refractivity contribution in [2.75, 3.05) is 6.54 Å². The molecule has 0 spiro atoms. The maximum atomic E-state index is 12.5. The first-order valence-electron chi connectivity index (χ1n) is 7.21. The third-order valence-electron chi connectivity index (χ3n) is 4.34. The molecule has 0 unspecified atom stereocenters. The number of nitrogens with one attached hydrogen (secondary N) is 1. The molecule has 1 aromatic rings. The normalized spacial score (nSPS) is 19.1. The van der Waals surface area contributed by atoms with Crippen LogP contribution in [-0.2, 0) is 10.0 Å². The highest BCUT2D eigenvalue weighted by Gasteiger charge is 2.42. The first kappa shape index (κ1) is 15.0. The molecule has 1 heterocycles. The van der Waals surface area contributed by atoms with Crippen LogP contribution in [0.25, 0.3) is 0 Å². The van der Waals surface area contributed by atoms with Gasteiger partial charge < -0.3 is 5.11 Å². The fourth-order valence-electron chi connectivity index (χ4n) is 2.96. The zero-order valence-electron chi connectivity index (χ0n) is 11.8. The van der Waals surface area contributed by atoms with Crippen LogP contribution in [0.4, 0.5) is 0 Å². The highest BCUT2D eigenvalue weighted by Crippen LogP contribution is 2.49. The van der Waals surface area contributed by atoms with E-state index in [0.29, 0.717) is 29.9 Å². The zero-order valence-corrected chi connectivity index (χ0v) is 13.5. The van der Waals surface area contributed by atoms with Crippen LogP contribution in [0, 0.1) is 24.7 Å². The Kier molecular flexibility index (Phi) is 3.83. The summed E-state index contributed by atoms with van der Waals surface area (Å²) in [7, 11) is -3.75. The number of aryl methyl sites for hydroxylation is 1. The molecule has 116 valence electrons. The zero-order chi connectivity index (χ0) is 15.2. The number of hydrogen-bond acceptors (Lipinski definition) is 4. The average molecular weight is 329 g/mol. The number of thiophene rings is 1. The van der Waals surface area contributed by atoms with Gasteiger partial charge in [0.05, 0.1) is 0 Å². The first-order valence-corrected chi connectivity index (χ1v) is 9.57. The molecule has 3 rings (SSSR count). The molecule has 5 nitrogen and oxygen atoms in total. The molecule has 0 bridgehead atoms. The molecule has 0 aliphatic heterocycles. The summed E-state index contributed by atoms with van der Waals surface area (Å²) in [6, 6.07) is 0. The van der Waals surface area contributed by atoms with Gasteiger partial charge in [-0.05, 0) is 61.3 Å². The minimum Gasteiger partial charge on any atom is -0.477 e. The van der Waals surface area contributed by atoms with Crippen molar-refractivity contribution >= 4 is 27.3 Å². The summed E-state index contributed by atoms with van der Waals surface area (Å²) >= 11 is 0.964. The third-order valence-corrected chi connectivity index (χ3v) is 7.17. The fraction of sp³-hybridized carbons (Fsp3) is 0.643. The topological polar surface area (TPSA) is 83.5 Å². The van der Waals surface area contributed by atoms with Gasteiger partial charge in [0, 0.05) is 6.54 Å². The minimum atomic E-state index is -3.75. The molecule has 21 heavy (non-hydrogen) atoms. The second-order valence-electron chi connectivity index (χ2n) is 6.07. The van der Waals surface area contributed by atoms with Crippen molar-refractivity contribution in [3.05, 3.63) is 15.8 Å². The number of carbonyl (C=O) groups is 1. The Hall–Kier alpha value is -0.920. The van der Waals surface area contributed by atoms with Gasteiger partial charge in [0.15, 0.2) is 0 Å². The largest absolute Gasteiger partial charge is 0.477 e. The standard InChI is InChI=1S/C14H19NO4S2/c1-8-7-20-12(14(16)17)13(8)21(18,19)15-6-11(9-2-3-9)10-4-5-10/h7,9-11,15H,2-6H2,1H3,(H,16,17). The van der Waals surface area contributed by atoms with Crippen LogP contribution >= 0.6 is 11.3 Å². The van der Waals surface area contributed by atoms with E-state index in [4.69, 9.17) is 5.11 Å². The molecular formula is C14H19NO4S2. The molecule has 2 N–H and O–H groups in total. The van der Waals surface area contributed by atoms with Crippen LogP contribution < -0.4 is 4.72 Å². The van der Waals surface area contributed by atoms with Crippen molar-refractivity contribution in [1.29, 1.82) is 0 Å². The number of hydrogen-bond donors (Lipinski definition) is 2. The highest BCUT2D eigenvalue weighted by molar-refractivity contribution is 7.89. The van der Waals surface area contributed by atoms with Crippen molar-refractivity contribution < 1.29 is 18.3 Å². The maximum Gasteiger partial charge on any atom is 0.347 e. The van der Waals surface area contributed by atoms with Crippen LogP contribution in [0.2, 0.25) is 0 Å². The molecule has 0 radical (unpaired) electrons. The molecule has 2 fully saturated rings. The number of rotatable bonds is 7. The van der Waals surface area contributed by atoms with Gasteiger partial charge >= 0.3 is 5.97 Å². The van der Waals surface area contributed by atoms with Gasteiger partial charge in [-0.3, -0.25) is 0 Å². The molecule has 2 aliphatic rings. The molecule has 2 aliphatic carbocycles. The second-order valence-corrected chi connectivity index (χ2v) is 8.66. The monoisotopic (exact) mass is 329 g/mol. The minimum absolute atomic E-state index is 0.0645. The Balaban J connectivity index is 1.77. The van der Waals surface area contributed by atoms with E-state index in [-0.39, 0.29) is 9.77 Å². The van der Waals surface area contributed by atoms with Gasteiger partial charge in [-0.25, -0.2) is 17.9 Å². The lowest BCUT2D eigenvalue weighted by Crippen LogP contribution is -2.32. The summed E-state index contributed by atoms with van der Waals surface area (Å²) in [4.78, 5) is 11.0. The molecule has 1 aromatic heterocycles. The molecule has 2 saturated carbocycles. The van der Waals surface area contributed by atoms with Crippen molar-refractivity contribution in [2.24, 2.45) is 17.8 Å². The van der Waals surface area contributed by atoms with Crippen LogP contribution in [0.1, 0.15) is 40.9 Å². The Morgan fingerprint density at radius 3 is 2.43 bits per heavy atom. The Morgan fingerprint density at radius 2 is 1.95 bits per heavy atom. The second kappa shape index (κ2) is 5.37. The molecule has 7 heteroatoms. The Bertz CT molecular complexity index is 645. The van der Waals surface area contributed by atoms with Gasteiger partial charge in [0.2, 0.25) is 10.0 Å². The van der Waals surface area contributed by atoms with Gasteiger partial charge in [0.1, 0.15) is 9.77 Å². The van der Waals surface area contributed by atoms with E-state index >= 15 is 0 Å². The lowest BCUT2D eigenvalue weighted by Gasteiger charge is -2.16. The number of sulfonamides is 1. The van der Waals surface area contributed by atoms with Crippen LogP contribution in [-0.4, -0.2) is 26.0 Å². The van der Waals surface area contributed by atoms with Gasteiger partial charge in [0.25, 0.3) is 0 Å². The van der Waals surface area contributed by atoms with E-state index in [0.717, 1.165) is 11.3 Å². The highest BCUT2D eigenvalue weighted by atomic mass is 32.2. The van der Waals surface area contributed by atoms with Crippen molar-refractivity contribution in [3.8, 4) is 0 Å². The summed E-state index contributed by atoms with van der Waals surface area (Å²) in [5, 5.41) is 10.7. The van der Waals surface area contributed by atoms with Crippen molar-refractivity contribution in [3.63, 3.8) is 0 Å². The molecule has 0 atom stereocenters. The van der Waals surface area contributed by atoms with Crippen LogP contribution in [0.15, 0.2) is 10.3 Å². The Morgan fingerprint density at radius 1 is 1.38 bits per heavy atom. The summed E-state index contributed by atoms with van der Waals surface area (Å²) in [6.07, 6.45) is 4.78. The number of aromatic carboxylic acids is 1. The van der Waals surface area contributed by atoms with E-state index in [1.807, 2.05) is 0 Å². The first-order chi connectivity index (χ1) is 9.90. The van der Waals surface area contributed by atoms with E-state index in [1.165, 1.54) is 25.7 Å². The van der Waals surface area contributed by atoms with Crippen molar-refractivity contribution in [2.45, 2.75) is 37.5 Å². The fourth-order valence-corrected chi connectivity index (χ4v) is 5.66. The molecule has 0 amide bonds. The molecule has 0 aromatic carbocycles. The quantitative estimate of drug-likeness (QED) is 0.805. The summed E-state index contributed by atoms with van der Waals surface area (Å²) in [5.74, 6) is 0.548. The van der Waals surface area contributed by atoms with E-state index in [9.17, 15) is 13.2 Å². The van der Waals surface area contributed by atoms with Gasteiger partial charge in [-0.2, -0.15) is 0 Å². The lowest BCUT2D eigenvalue weighted by molar-refractivity contribution is 0.0698. The maximum absolute atomic E-state index is 12.5. The van der Waals surface area contributed by atoms with Crippen LogP contribution in [0.5, 0.6) is 0 Å². The predicted octanol–water partition coefficient (Wildman–Crippen LogP) is 2.47. The molecule has 0 saturated heterocycles. The Labute approximate surface area is 128 Å². The number of carboxylic acids is 1. The van der Waals surface area contributed by atoms with E-state index in [1.54, 1.807) is 12.3 Å². The van der Waals surface area contributed by atoms with Crippen molar-refractivity contribution in [1.82, 2.24) is 4.72 Å². The summed E-state index contributed by atoms with van der Waals surface area (Å²) < 4.78 is 27.6. The van der Waals surface area contributed by atoms with E-state index in [2.05, 4.69) is 4.72 Å².